The number of hydrogen-bond acceptors (Lipinski definition) is 3. The van der Waals surface area contributed by atoms with Gasteiger partial charge in [-0.3, -0.25) is 0 Å². The van der Waals surface area contributed by atoms with E-state index in [0.717, 1.165) is 17.7 Å². The summed E-state index contributed by atoms with van der Waals surface area (Å²) in [6.07, 6.45) is -2.77. The molecule has 7 heteroatoms. The summed E-state index contributed by atoms with van der Waals surface area (Å²) in [7, 11) is -3.98. The third-order valence-electron chi connectivity index (χ3n) is 2.51. The zero-order valence-electron chi connectivity index (χ0n) is 9.61. The van der Waals surface area contributed by atoms with Crippen molar-refractivity contribution in [1.82, 2.24) is 0 Å². The molecule has 0 amide bonds. The highest BCUT2D eigenvalue weighted by atomic mass is 28.4. The van der Waals surface area contributed by atoms with Gasteiger partial charge in [-0.15, -0.1) is 0 Å². The van der Waals surface area contributed by atoms with Crippen molar-refractivity contribution in [3.8, 4) is 0 Å². The number of hydrogen-bond donors (Lipinski definition) is 3. The fourth-order valence-corrected chi connectivity index (χ4v) is 2.28. The van der Waals surface area contributed by atoms with Gasteiger partial charge in [0.2, 0.25) is 0 Å². The van der Waals surface area contributed by atoms with Crippen LogP contribution in [0.4, 0.5) is 13.2 Å². The fraction of sp³-hybridized carbons (Fsp3) is 0.455. The molecule has 0 heterocycles. The number of halogens is 3. The molecule has 0 bridgehead atoms. The second kappa shape index (κ2) is 5.83. The minimum atomic E-state index is -4.33. The molecular formula is C11H15F3O3Si. The summed E-state index contributed by atoms with van der Waals surface area (Å²) < 4.78 is 36.8. The van der Waals surface area contributed by atoms with Crippen molar-refractivity contribution in [2.75, 3.05) is 0 Å². The summed E-state index contributed by atoms with van der Waals surface area (Å²) in [6, 6.07) is 4.82. The molecule has 0 unspecified atom stereocenters. The molecule has 1 rings (SSSR count). The first-order chi connectivity index (χ1) is 8.18. The van der Waals surface area contributed by atoms with Crippen LogP contribution in [0.15, 0.2) is 24.3 Å². The van der Waals surface area contributed by atoms with E-state index in [4.69, 9.17) is 14.4 Å². The number of benzene rings is 1. The Kier molecular flexibility index (Phi) is 4.91. The molecule has 18 heavy (non-hydrogen) atoms. The van der Waals surface area contributed by atoms with E-state index in [0.29, 0.717) is 19.3 Å². The van der Waals surface area contributed by atoms with Crippen LogP contribution in [-0.2, 0) is 12.6 Å². The van der Waals surface area contributed by atoms with Crippen molar-refractivity contribution in [2.24, 2.45) is 0 Å². The minimum Gasteiger partial charge on any atom is -0.390 e. The van der Waals surface area contributed by atoms with Gasteiger partial charge in [-0.05, 0) is 37.0 Å². The Labute approximate surface area is 104 Å². The minimum absolute atomic E-state index is 0.0480. The summed E-state index contributed by atoms with van der Waals surface area (Å²) in [6.45, 7) is 0. The van der Waals surface area contributed by atoms with Crippen LogP contribution in [0.2, 0.25) is 6.04 Å². The van der Waals surface area contributed by atoms with Crippen LogP contribution in [0, 0.1) is 0 Å². The first-order valence-corrected chi connectivity index (χ1v) is 7.56. The molecule has 0 radical (unpaired) electrons. The molecule has 0 aliphatic heterocycles. The first-order valence-electron chi connectivity index (χ1n) is 5.52. The van der Waals surface area contributed by atoms with Gasteiger partial charge in [-0.1, -0.05) is 12.1 Å². The molecule has 0 atom stereocenters. The molecule has 3 nitrogen and oxygen atoms in total. The predicted octanol–water partition coefficient (Wildman–Crippen LogP) is 1.94. The smallest absolute Gasteiger partial charge is 0.390 e. The molecule has 0 aliphatic rings. The highest BCUT2D eigenvalue weighted by molar-refractivity contribution is 6.56. The summed E-state index contributed by atoms with van der Waals surface area (Å²) >= 11 is 0. The molecule has 0 spiro atoms. The van der Waals surface area contributed by atoms with Crippen molar-refractivity contribution in [3.63, 3.8) is 0 Å². The average Bonchev–Trinajstić information content (AvgIpc) is 2.22. The molecule has 0 saturated heterocycles. The van der Waals surface area contributed by atoms with E-state index >= 15 is 0 Å². The van der Waals surface area contributed by atoms with Gasteiger partial charge in [0, 0.05) is 6.04 Å². The quantitative estimate of drug-likeness (QED) is 0.570. The Balaban J connectivity index is 2.41. The van der Waals surface area contributed by atoms with E-state index in [1.165, 1.54) is 12.1 Å². The normalized spacial score (nSPS) is 12.8. The summed E-state index contributed by atoms with van der Waals surface area (Å²) in [5, 5.41) is 0. The zero-order valence-corrected chi connectivity index (χ0v) is 10.6. The second-order valence-corrected chi connectivity index (χ2v) is 6.22. The highest BCUT2D eigenvalue weighted by Crippen LogP contribution is 2.29. The Morgan fingerprint density at radius 3 is 1.94 bits per heavy atom. The Hall–Kier alpha value is -0.893. The SMILES string of the molecule is O[Si](O)(O)CCCCc1ccc(C(F)(F)F)cc1. The van der Waals surface area contributed by atoms with Crippen molar-refractivity contribution in [3.05, 3.63) is 35.4 Å². The molecule has 102 valence electrons. The monoisotopic (exact) mass is 280 g/mol. The molecule has 1 aromatic carbocycles. The largest absolute Gasteiger partial charge is 0.492 e. The van der Waals surface area contributed by atoms with Crippen LogP contribution < -0.4 is 0 Å². The van der Waals surface area contributed by atoms with Crippen LogP contribution in [-0.4, -0.2) is 23.2 Å². The van der Waals surface area contributed by atoms with E-state index in [1.807, 2.05) is 0 Å². The zero-order chi connectivity index (χ0) is 13.8. The third-order valence-corrected chi connectivity index (χ3v) is 3.53. The van der Waals surface area contributed by atoms with Crippen molar-refractivity contribution in [2.45, 2.75) is 31.5 Å². The van der Waals surface area contributed by atoms with Gasteiger partial charge in [0.15, 0.2) is 0 Å². The average molecular weight is 280 g/mol. The lowest BCUT2D eigenvalue weighted by Gasteiger charge is -2.09. The van der Waals surface area contributed by atoms with Gasteiger partial charge in [0.25, 0.3) is 0 Å². The van der Waals surface area contributed by atoms with E-state index in [-0.39, 0.29) is 6.04 Å². The second-order valence-electron chi connectivity index (χ2n) is 4.18. The maximum absolute atomic E-state index is 12.3. The number of unbranched alkanes of at least 4 members (excludes halogenated alkanes) is 1. The Bertz CT molecular complexity index is 371. The van der Waals surface area contributed by atoms with Crippen LogP contribution in [0.5, 0.6) is 0 Å². The van der Waals surface area contributed by atoms with Crippen LogP contribution in [0.3, 0.4) is 0 Å². The topological polar surface area (TPSA) is 60.7 Å². The van der Waals surface area contributed by atoms with E-state index in [9.17, 15) is 13.2 Å². The van der Waals surface area contributed by atoms with Crippen molar-refractivity contribution >= 4 is 8.80 Å². The van der Waals surface area contributed by atoms with Crippen molar-refractivity contribution < 1.29 is 27.6 Å². The molecule has 0 aromatic heterocycles. The molecule has 0 aliphatic carbocycles. The predicted molar refractivity (Wildman–Crippen MR) is 61.6 cm³/mol. The van der Waals surface area contributed by atoms with E-state index in [1.54, 1.807) is 0 Å². The van der Waals surface area contributed by atoms with E-state index in [2.05, 4.69) is 0 Å². The van der Waals surface area contributed by atoms with Gasteiger partial charge < -0.3 is 14.4 Å². The van der Waals surface area contributed by atoms with Gasteiger partial charge in [0.1, 0.15) is 0 Å². The van der Waals surface area contributed by atoms with Gasteiger partial charge in [-0.25, -0.2) is 0 Å². The Morgan fingerprint density at radius 2 is 1.50 bits per heavy atom. The molecule has 1 aromatic rings. The standard InChI is InChI=1S/C11H15F3O3Si/c12-11(13,14)10-6-4-9(5-7-10)3-1-2-8-18(15,16)17/h4-7,15-17H,1-3,8H2. The number of rotatable bonds is 5. The number of alkyl halides is 3. The van der Waals surface area contributed by atoms with Crippen LogP contribution >= 0.6 is 0 Å². The summed E-state index contributed by atoms with van der Waals surface area (Å²) in [5.74, 6) is 0. The van der Waals surface area contributed by atoms with E-state index < -0.39 is 20.5 Å². The van der Waals surface area contributed by atoms with Gasteiger partial charge in [-0.2, -0.15) is 13.2 Å². The molecule has 0 saturated carbocycles. The number of aryl methyl sites for hydroxylation is 1. The lowest BCUT2D eigenvalue weighted by atomic mass is 10.1. The fourth-order valence-electron chi connectivity index (χ4n) is 1.55. The lowest BCUT2D eigenvalue weighted by molar-refractivity contribution is -0.137. The van der Waals surface area contributed by atoms with Gasteiger partial charge in [0.05, 0.1) is 5.56 Å². The maximum Gasteiger partial charge on any atom is 0.492 e. The molecule has 3 N–H and O–H groups in total. The highest BCUT2D eigenvalue weighted by Gasteiger charge is 2.30. The maximum atomic E-state index is 12.3. The lowest BCUT2D eigenvalue weighted by Crippen LogP contribution is -2.34. The Morgan fingerprint density at radius 1 is 0.944 bits per heavy atom. The van der Waals surface area contributed by atoms with Crippen molar-refractivity contribution in [1.29, 1.82) is 0 Å². The van der Waals surface area contributed by atoms with Crippen LogP contribution in [0.1, 0.15) is 24.0 Å². The third kappa shape index (κ3) is 5.63. The molecular weight excluding hydrogens is 265 g/mol. The summed E-state index contributed by atoms with van der Waals surface area (Å²) in [5.41, 5.74) is 0.0721. The first kappa shape index (κ1) is 15.2. The summed E-state index contributed by atoms with van der Waals surface area (Å²) in [4.78, 5) is 26.3. The molecule has 0 fully saturated rings. The van der Waals surface area contributed by atoms with Gasteiger partial charge >= 0.3 is 15.0 Å². The van der Waals surface area contributed by atoms with Crippen LogP contribution in [0.25, 0.3) is 0 Å².